The second-order valence-corrected chi connectivity index (χ2v) is 6.22. The largest absolute Gasteiger partial charge is 0.494 e. The maximum absolute atomic E-state index is 13.2. The highest BCUT2D eigenvalue weighted by Gasteiger charge is 2.34. The smallest absolute Gasteiger partial charge is 0.433 e. The molecule has 1 heterocycles. The molecule has 2 rings (SSSR count). The first kappa shape index (κ1) is 20.8. The average Bonchev–Trinajstić information content (AvgIpc) is 2.60. The third-order valence-electron chi connectivity index (χ3n) is 3.77. The van der Waals surface area contributed by atoms with Crippen LogP contribution in [0.5, 0.6) is 5.75 Å². The van der Waals surface area contributed by atoms with Gasteiger partial charge in [-0.05, 0) is 37.1 Å². The van der Waals surface area contributed by atoms with Crippen LogP contribution >= 0.6 is 0 Å². The van der Waals surface area contributed by atoms with Crippen molar-refractivity contribution in [3.05, 3.63) is 36.0 Å². The van der Waals surface area contributed by atoms with Crippen molar-refractivity contribution < 1.29 is 23.0 Å². The van der Waals surface area contributed by atoms with E-state index in [9.17, 15) is 18.3 Å². The molecule has 148 valence electrons. The van der Waals surface area contributed by atoms with E-state index in [1.807, 2.05) is 20.8 Å². The summed E-state index contributed by atoms with van der Waals surface area (Å²) in [5, 5.41) is 15.0. The van der Waals surface area contributed by atoms with Crippen LogP contribution in [0.4, 0.5) is 30.6 Å². The van der Waals surface area contributed by atoms with E-state index in [0.717, 1.165) is 6.07 Å². The first-order valence-corrected chi connectivity index (χ1v) is 8.56. The number of halogens is 3. The summed E-state index contributed by atoms with van der Waals surface area (Å²) in [5.41, 5.74) is -0.521. The Morgan fingerprint density at radius 3 is 2.33 bits per heavy atom. The minimum atomic E-state index is -4.62. The first-order chi connectivity index (χ1) is 12.7. The van der Waals surface area contributed by atoms with Crippen molar-refractivity contribution >= 4 is 17.5 Å². The Morgan fingerprint density at radius 2 is 1.81 bits per heavy atom. The van der Waals surface area contributed by atoms with E-state index in [1.54, 1.807) is 24.3 Å². The van der Waals surface area contributed by atoms with Crippen molar-refractivity contribution in [2.24, 2.45) is 5.92 Å². The zero-order valence-corrected chi connectivity index (χ0v) is 15.3. The number of rotatable bonds is 8. The minimum Gasteiger partial charge on any atom is -0.494 e. The Kier molecular flexibility index (Phi) is 6.84. The van der Waals surface area contributed by atoms with Gasteiger partial charge in [-0.1, -0.05) is 13.8 Å². The summed E-state index contributed by atoms with van der Waals surface area (Å²) in [5.74, 6) is 0.429. The Morgan fingerprint density at radius 1 is 1.15 bits per heavy atom. The van der Waals surface area contributed by atoms with Gasteiger partial charge in [0, 0.05) is 11.8 Å². The molecule has 0 radical (unpaired) electrons. The maximum atomic E-state index is 13.2. The van der Waals surface area contributed by atoms with Gasteiger partial charge in [0.05, 0.1) is 19.3 Å². The van der Waals surface area contributed by atoms with Gasteiger partial charge in [0.15, 0.2) is 5.69 Å². The van der Waals surface area contributed by atoms with Gasteiger partial charge in [0.2, 0.25) is 5.95 Å². The third kappa shape index (κ3) is 5.99. The Balaban J connectivity index is 2.29. The van der Waals surface area contributed by atoms with Crippen molar-refractivity contribution in [3.63, 3.8) is 0 Å². The first-order valence-electron chi connectivity index (χ1n) is 8.56. The summed E-state index contributed by atoms with van der Waals surface area (Å²) in [6.07, 6.45) is -4.62. The lowest BCUT2D eigenvalue weighted by Crippen LogP contribution is -2.30. The van der Waals surface area contributed by atoms with Gasteiger partial charge < -0.3 is 20.5 Å². The molecule has 0 aliphatic carbocycles. The van der Waals surface area contributed by atoms with Gasteiger partial charge in [-0.25, -0.2) is 4.98 Å². The summed E-state index contributed by atoms with van der Waals surface area (Å²) in [7, 11) is 0. The molecule has 0 saturated heterocycles. The second-order valence-electron chi connectivity index (χ2n) is 6.22. The molecule has 27 heavy (non-hydrogen) atoms. The van der Waals surface area contributed by atoms with E-state index in [1.165, 1.54) is 0 Å². The zero-order valence-electron chi connectivity index (χ0n) is 15.3. The summed E-state index contributed by atoms with van der Waals surface area (Å²) in [6, 6.07) is 7.14. The lowest BCUT2D eigenvalue weighted by Gasteiger charge is -2.21. The molecular weight excluding hydrogens is 361 g/mol. The normalized spacial score (nSPS) is 12.7. The Hall–Kier alpha value is -2.55. The molecule has 0 amide bonds. The van der Waals surface area contributed by atoms with E-state index in [-0.39, 0.29) is 24.3 Å². The Bertz CT molecular complexity index is 736. The molecular formula is C18H23F3N4O2. The van der Waals surface area contributed by atoms with Gasteiger partial charge in [0.25, 0.3) is 0 Å². The molecule has 0 unspecified atom stereocenters. The number of nitrogens with zero attached hydrogens (tertiary/aromatic N) is 2. The zero-order chi connectivity index (χ0) is 20.0. The molecule has 1 aromatic heterocycles. The highest BCUT2D eigenvalue weighted by Crippen LogP contribution is 2.31. The summed E-state index contributed by atoms with van der Waals surface area (Å²) in [4.78, 5) is 7.63. The number of benzene rings is 1. The Labute approximate surface area is 155 Å². The van der Waals surface area contributed by atoms with Crippen molar-refractivity contribution in [1.82, 2.24) is 9.97 Å². The van der Waals surface area contributed by atoms with Gasteiger partial charge in [-0.3, -0.25) is 0 Å². The fourth-order valence-electron chi connectivity index (χ4n) is 2.26. The number of nitrogens with one attached hydrogen (secondary N) is 2. The van der Waals surface area contributed by atoms with Crippen molar-refractivity contribution in [3.8, 4) is 5.75 Å². The SMILES string of the molecule is CCOc1ccc(Nc2cc(C(F)(F)F)nc(N[C@H](CO)C(C)C)n2)cc1. The molecule has 0 fully saturated rings. The standard InChI is InChI=1S/C18H23F3N4O2/c1-4-27-13-7-5-12(6-8-13)22-16-9-15(18(19,20)21)24-17(25-16)23-14(10-26)11(2)3/h5-9,11,14,26H,4,10H2,1-3H3,(H2,22,23,24,25)/t14-/m1/s1. The van der Waals surface area contributed by atoms with Crippen LogP contribution in [0.25, 0.3) is 0 Å². The highest BCUT2D eigenvalue weighted by molar-refractivity contribution is 5.58. The van der Waals surface area contributed by atoms with Crippen LogP contribution in [-0.4, -0.2) is 34.3 Å². The molecule has 1 aromatic carbocycles. The van der Waals surface area contributed by atoms with Crippen LogP contribution in [-0.2, 0) is 6.18 Å². The molecule has 3 N–H and O–H groups in total. The van der Waals surface area contributed by atoms with Gasteiger partial charge in [-0.15, -0.1) is 0 Å². The molecule has 1 atom stereocenters. The van der Waals surface area contributed by atoms with Gasteiger partial charge in [-0.2, -0.15) is 18.2 Å². The molecule has 0 aliphatic rings. The van der Waals surface area contributed by atoms with Crippen LogP contribution < -0.4 is 15.4 Å². The lowest BCUT2D eigenvalue weighted by molar-refractivity contribution is -0.141. The number of hydrogen-bond acceptors (Lipinski definition) is 6. The van der Waals surface area contributed by atoms with Crippen molar-refractivity contribution in [2.75, 3.05) is 23.8 Å². The predicted molar refractivity (Wildman–Crippen MR) is 97.3 cm³/mol. The third-order valence-corrected chi connectivity index (χ3v) is 3.77. The van der Waals surface area contributed by atoms with Crippen LogP contribution in [0.3, 0.4) is 0 Å². The number of anilines is 3. The molecule has 0 bridgehead atoms. The van der Waals surface area contributed by atoms with Crippen LogP contribution in [0.2, 0.25) is 0 Å². The molecule has 0 saturated carbocycles. The number of aromatic nitrogens is 2. The molecule has 0 aliphatic heterocycles. The van der Waals surface area contributed by atoms with Gasteiger partial charge >= 0.3 is 6.18 Å². The van der Waals surface area contributed by atoms with Crippen LogP contribution in [0, 0.1) is 5.92 Å². The number of alkyl halides is 3. The number of aliphatic hydroxyl groups excluding tert-OH is 1. The summed E-state index contributed by atoms with van der Waals surface area (Å²) < 4.78 is 44.9. The fourth-order valence-corrected chi connectivity index (χ4v) is 2.26. The van der Waals surface area contributed by atoms with E-state index < -0.39 is 17.9 Å². The molecule has 2 aromatic rings. The molecule has 9 heteroatoms. The highest BCUT2D eigenvalue weighted by atomic mass is 19.4. The maximum Gasteiger partial charge on any atom is 0.433 e. The van der Waals surface area contributed by atoms with Crippen LogP contribution in [0.15, 0.2) is 30.3 Å². The second kappa shape index (κ2) is 8.90. The summed E-state index contributed by atoms with van der Waals surface area (Å²) in [6.45, 7) is 5.79. The summed E-state index contributed by atoms with van der Waals surface area (Å²) >= 11 is 0. The van der Waals surface area contributed by atoms with E-state index >= 15 is 0 Å². The van der Waals surface area contributed by atoms with Crippen molar-refractivity contribution in [2.45, 2.75) is 33.0 Å². The molecule has 0 spiro atoms. The lowest BCUT2D eigenvalue weighted by atomic mass is 10.1. The number of ether oxygens (including phenoxy) is 1. The van der Waals surface area contributed by atoms with E-state index in [4.69, 9.17) is 4.74 Å². The van der Waals surface area contributed by atoms with Gasteiger partial charge in [0.1, 0.15) is 11.6 Å². The van der Waals surface area contributed by atoms with Crippen molar-refractivity contribution in [1.29, 1.82) is 0 Å². The number of aliphatic hydroxyl groups is 1. The monoisotopic (exact) mass is 384 g/mol. The minimum absolute atomic E-state index is 0.00979. The van der Waals surface area contributed by atoms with Crippen LogP contribution in [0.1, 0.15) is 26.5 Å². The number of hydrogen-bond donors (Lipinski definition) is 3. The predicted octanol–water partition coefficient (Wildman–Crippen LogP) is 4.07. The van der Waals surface area contributed by atoms with E-state index in [2.05, 4.69) is 20.6 Å². The van der Waals surface area contributed by atoms with E-state index in [0.29, 0.717) is 18.0 Å². The molecule has 6 nitrogen and oxygen atoms in total. The fraction of sp³-hybridized carbons (Fsp3) is 0.444. The quantitative estimate of drug-likeness (QED) is 0.637. The average molecular weight is 384 g/mol. The topological polar surface area (TPSA) is 79.3 Å².